The standard InChI is InChI=1S/C31H34N4O3/c1-20(36)34-29(31(38)35-28(30(33)37)12-6-7-17-32)18-21-13-15-22(16-14-21)27-19-23-8-2-3-9-24(23)25-10-4-5-11-26(25)27/h2-5,8-11,13-16,19,28-29H,6-7,12,17-18,32H2,1H3,(H2,33,37)(H,34,36)(H,35,38)/t28-,29-/m0/s1. The highest BCUT2D eigenvalue weighted by molar-refractivity contribution is 6.13. The van der Waals surface area contributed by atoms with Crippen LogP contribution in [0.5, 0.6) is 0 Å². The van der Waals surface area contributed by atoms with Gasteiger partial charge in [0, 0.05) is 13.3 Å². The van der Waals surface area contributed by atoms with Gasteiger partial charge in [0.2, 0.25) is 17.7 Å². The van der Waals surface area contributed by atoms with Gasteiger partial charge in [0.15, 0.2) is 0 Å². The predicted molar refractivity (Wildman–Crippen MR) is 152 cm³/mol. The van der Waals surface area contributed by atoms with Gasteiger partial charge in [-0.25, -0.2) is 0 Å². The van der Waals surface area contributed by atoms with Crippen molar-refractivity contribution in [3.8, 4) is 11.1 Å². The quantitative estimate of drug-likeness (QED) is 0.181. The molecule has 196 valence electrons. The molecule has 2 atom stereocenters. The van der Waals surface area contributed by atoms with Gasteiger partial charge < -0.3 is 22.1 Å². The first-order chi connectivity index (χ1) is 18.4. The molecule has 0 fully saturated rings. The van der Waals surface area contributed by atoms with Gasteiger partial charge in [-0.05, 0) is 70.1 Å². The molecule has 0 saturated heterocycles. The second-order valence-corrected chi connectivity index (χ2v) is 9.59. The Morgan fingerprint density at radius 1 is 0.789 bits per heavy atom. The minimum Gasteiger partial charge on any atom is -0.368 e. The maximum atomic E-state index is 13.0. The number of fused-ring (bicyclic) bond motifs is 3. The lowest BCUT2D eigenvalue weighted by Crippen LogP contribution is -2.53. The van der Waals surface area contributed by atoms with E-state index in [0.717, 1.165) is 23.1 Å². The average molecular weight is 511 g/mol. The first kappa shape index (κ1) is 26.8. The number of nitrogens with one attached hydrogen (secondary N) is 2. The summed E-state index contributed by atoms with van der Waals surface area (Å²) in [7, 11) is 0. The van der Waals surface area contributed by atoms with Crippen LogP contribution in [0.15, 0.2) is 78.9 Å². The van der Waals surface area contributed by atoms with Gasteiger partial charge in [0.25, 0.3) is 0 Å². The maximum absolute atomic E-state index is 13.0. The summed E-state index contributed by atoms with van der Waals surface area (Å²) >= 11 is 0. The summed E-state index contributed by atoms with van der Waals surface area (Å²) in [5, 5.41) is 10.2. The molecule has 0 radical (unpaired) electrons. The average Bonchev–Trinajstić information content (AvgIpc) is 2.92. The molecule has 0 aliphatic heterocycles. The highest BCUT2D eigenvalue weighted by Gasteiger charge is 2.25. The molecule has 4 aromatic carbocycles. The van der Waals surface area contributed by atoms with E-state index in [-0.39, 0.29) is 12.3 Å². The summed E-state index contributed by atoms with van der Waals surface area (Å²) in [4.78, 5) is 36.8. The topological polar surface area (TPSA) is 127 Å². The van der Waals surface area contributed by atoms with Crippen LogP contribution in [0.3, 0.4) is 0 Å². The number of carbonyl (C=O) groups is 3. The highest BCUT2D eigenvalue weighted by Crippen LogP contribution is 2.34. The van der Waals surface area contributed by atoms with Crippen molar-refractivity contribution in [2.75, 3.05) is 6.54 Å². The number of primary amides is 1. The van der Waals surface area contributed by atoms with E-state index in [4.69, 9.17) is 11.5 Å². The Balaban J connectivity index is 1.56. The van der Waals surface area contributed by atoms with Crippen LogP contribution < -0.4 is 22.1 Å². The smallest absolute Gasteiger partial charge is 0.243 e. The second kappa shape index (κ2) is 12.3. The molecular formula is C31H34N4O3. The molecule has 38 heavy (non-hydrogen) atoms. The third-order valence-electron chi connectivity index (χ3n) is 6.77. The molecule has 0 aromatic heterocycles. The van der Waals surface area contributed by atoms with E-state index in [2.05, 4.69) is 53.1 Å². The Labute approximate surface area is 222 Å². The predicted octanol–water partition coefficient (Wildman–Crippen LogP) is 3.81. The summed E-state index contributed by atoms with van der Waals surface area (Å²) in [6.07, 6.45) is 2.08. The van der Waals surface area contributed by atoms with E-state index in [0.29, 0.717) is 19.4 Å². The van der Waals surface area contributed by atoms with Gasteiger partial charge in [-0.2, -0.15) is 0 Å². The third kappa shape index (κ3) is 6.36. The number of hydrogen-bond donors (Lipinski definition) is 4. The van der Waals surface area contributed by atoms with E-state index in [1.807, 2.05) is 36.4 Å². The van der Waals surface area contributed by atoms with Crippen molar-refractivity contribution < 1.29 is 14.4 Å². The van der Waals surface area contributed by atoms with Crippen molar-refractivity contribution in [2.45, 2.75) is 44.7 Å². The fraction of sp³-hybridized carbons (Fsp3) is 0.258. The fourth-order valence-corrected chi connectivity index (χ4v) is 4.85. The molecule has 0 unspecified atom stereocenters. The van der Waals surface area contributed by atoms with Crippen molar-refractivity contribution in [3.05, 3.63) is 84.4 Å². The largest absolute Gasteiger partial charge is 0.368 e. The zero-order valence-electron chi connectivity index (χ0n) is 21.6. The number of benzene rings is 4. The van der Waals surface area contributed by atoms with Gasteiger partial charge in [-0.3, -0.25) is 14.4 Å². The molecule has 0 heterocycles. The number of unbranched alkanes of at least 4 members (excludes halogenated alkanes) is 1. The third-order valence-corrected chi connectivity index (χ3v) is 6.77. The molecule has 0 bridgehead atoms. The van der Waals surface area contributed by atoms with E-state index in [1.165, 1.54) is 28.5 Å². The molecule has 0 aliphatic rings. The summed E-state index contributed by atoms with van der Waals surface area (Å²) in [5.41, 5.74) is 14.1. The molecule has 0 spiro atoms. The fourth-order valence-electron chi connectivity index (χ4n) is 4.85. The summed E-state index contributed by atoms with van der Waals surface area (Å²) < 4.78 is 0. The lowest BCUT2D eigenvalue weighted by Gasteiger charge is -2.22. The Morgan fingerprint density at radius 2 is 1.45 bits per heavy atom. The van der Waals surface area contributed by atoms with Gasteiger partial charge in [-0.15, -0.1) is 0 Å². The summed E-state index contributed by atoms with van der Waals surface area (Å²) in [6, 6.07) is 25.3. The van der Waals surface area contributed by atoms with Crippen LogP contribution in [0.4, 0.5) is 0 Å². The first-order valence-electron chi connectivity index (χ1n) is 12.9. The van der Waals surface area contributed by atoms with Gasteiger partial charge >= 0.3 is 0 Å². The van der Waals surface area contributed by atoms with Crippen LogP contribution >= 0.6 is 0 Å². The zero-order chi connectivity index (χ0) is 27.1. The number of hydrogen-bond acceptors (Lipinski definition) is 4. The second-order valence-electron chi connectivity index (χ2n) is 9.59. The molecule has 6 N–H and O–H groups in total. The zero-order valence-corrected chi connectivity index (χ0v) is 21.6. The molecule has 0 saturated carbocycles. The van der Waals surface area contributed by atoms with E-state index < -0.39 is 23.9 Å². The summed E-state index contributed by atoms with van der Waals surface area (Å²) in [5.74, 6) is -1.38. The minimum absolute atomic E-state index is 0.276. The van der Waals surface area contributed by atoms with E-state index in [1.54, 1.807) is 0 Å². The lowest BCUT2D eigenvalue weighted by atomic mass is 9.92. The van der Waals surface area contributed by atoms with Gasteiger partial charge in [0.1, 0.15) is 12.1 Å². The highest BCUT2D eigenvalue weighted by atomic mass is 16.2. The Morgan fingerprint density at radius 3 is 2.11 bits per heavy atom. The molecule has 7 heteroatoms. The Hall–Kier alpha value is -4.23. The monoisotopic (exact) mass is 510 g/mol. The molecule has 4 rings (SSSR count). The van der Waals surface area contributed by atoms with Crippen molar-refractivity contribution in [1.82, 2.24) is 10.6 Å². The summed E-state index contributed by atoms with van der Waals surface area (Å²) in [6.45, 7) is 1.86. The van der Waals surface area contributed by atoms with Crippen molar-refractivity contribution in [1.29, 1.82) is 0 Å². The van der Waals surface area contributed by atoms with Crippen LogP contribution in [0.1, 0.15) is 31.7 Å². The number of rotatable bonds is 11. The number of nitrogens with two attached hydrogens (primary N) is 2. The van der Waals surface area contributed by atoms with Crippen molar-refractivity contribution >= 4 is 39.3 Å². The van der Waals surface area contributed by atoms with Gasteiger partial charge in [0.05, 0.1) is 0 Å². The van der Waals surface area contributed by atoms with E-state index in [9.17, 15) is 14.4 Å². The maximum Gasteiger partial charge on any atom is 0.243 e. The minimum atomic E-state index is -0.837. The van der Waals surface area contributed by atoms with Gasteiger partial charge in [-0.1, -0.05) is 72.8 Å². The van der Waals surface area contributed by atoms with Crippen molar-refractivity contribution in [2.24, 2.45) is 11.5 Å². The van der Waals surface area contributed by atoms with E-state index >= 15 is 0 Å². The lowest BCUT2D eigenvalue weighted by molar-refractivity contribution is -0.130. The molecule has 0 aliphatic carbocycles. The molecule has 4 aromatic rings. The van der Waals surface area contributed by atoms with Crippen LogP contribution in [0.25, 0.3) is 32.7 Å². The Kier molecular flexibility index (Phi) is 8.71. The number of amides is 3. The Bertz CT molecular complexity index is 1450. The van der Waals surface area contributed by atoms with Crippen molar-refractivity contribution in [3.63, 3.8) is 0 Å². The SMILES string of the molecule is CC(=O)N[C@@H](Cc1ccc(-c2cc3ccccc3c3ccccc23)cc1)C(=O)N[C@@H](CCCCN)C(N)=O. The first-order valence-corrected chi connectivity index (χ1v) is 12.9. The number of carbonyl (C=O) groups excluding carboxylic acids is 3. The van der Waals surface area contributed by atoms with Crippen LogP contribution in [0.2, 0.25) is 0 Å². The molecule has 3 amide bonds. The van der Waals surface area contributed by atoms with Crippen LogP contribution in [-0.4, -0.2) is 36.3 Å². The van der Waals surface area contributed by atoms with Crippen LogP contribution in [0, 0.1) is 0 Å². The molecular weight excluding hydrogens is 476 g/mol. The van der Waals surface area contributed by atoms with Crippen LogP contribution in [-0.2, 0) is 20.8 Å². The molecule has 7 nitrogen and oxygen atoms in total. The normalized spacial score (nSPS) is 12.7.